The van der Waals surface area contributed by atoms with Crippen LogP contribution in [0.3, 0.4) is 0 Å². The van der Waals surface area contributed by atoms with E-state index in [0.29, 0.717) is 0 Å². The summed E-state index contributed by atoms with van der Waals surface area (Å²) >= 11 is 0. The minimum absolute atomic E-state index is 0.0223. The van der Waals surface area contributed by atoms with Gasteiger partial charge in [-0.05, 0) is 131 Å². The molecule has 0 amide bonds. The minimum atomic E-state index is -0.444. The topological polar surface area (TPSA) is 6.48 Å². The van der Waals surface area contributed by atoms with Crippen LogP contribution in [0.5, 0.6) is 0 Å². The highest BCUT2D eigenvalue weighted by Gasteiger charge is 2.55. The molecule has 0 aromatic heterocycles. The Morgan fingerprint density at radius 1 is 0.225 bits per heavy atom. The lowest BCUT2D eigenvalue weighted by molar-refractivity contribution is 0.793. The van der Waals surface area contributed by atoms with Gasteiger partial charge in [0.2, 0.25) is 0 Å². The van der Waals surface area contributed by atoms with E-state index in [-0.39, 0.29) is 6.71 Å². The number of fused-ring (bicyclic) bond motifs is 24. The van der Waals surface area contributed by atoms with Crippen molar-refractivity contribution in [1.29, 1.82) is 0 Å². The summed E-state index contributed by atoms with van der Waals surface area (Å²) in [5.74, 6) is 0. The van der Waals surface area contributed by atoms with E-state index in [1.807, 2.05) is 0 Å². The molecule has 0 saturated heterocycles. The van der Waals surface area contributed by atoms with Gasteiger partial charge in [-0.25, -0.2) is 0 Å². The Morgan fingerprint density at radius 3 is 0.887 bits per heavy atom. The standard InChI is InChI=1S/C68H41BN2/c1-7-26-48-42(20-1)43-21-2-8-27-49(43)67(48)52-30-11-5-24-46(52)64-54(67)32-17-38-60(64)70-58-36-15-13-34-56(58)69-57-35-14-16-37-59(57)71(63-41-19-40-62(70)66(63)69)61-39-18-33-55-65(61)47-25-6-12-31-53(47)68(55)50-28-9-3-22-44(50)45-23-4-10-29-51(45)68/h1-41H. The number of nitrogens with zero attached hydrogens (tertiary/aromatic N) is 2. The van der Waals surface area contributed by atoms with Crippen LogP contribution in [0.4, 0.5) is 34.1 Å². The Morgan fingerprint density at radius 2 is 0.493 bits per heavy atom. The van der Waals surface area contributed by atoms with Crippen LogP contribution in [0.25, 0.3) is 44.5 Å². The van der Waals surface area contributed by atoms with E-state index in [2.05, 4.69) is 259 Å². The van der Waals surface area contributed by atoms with Gasteiger partial charge in [-0.3, -0.25) is 0 Å². The minimum Gasteiger partial charge on any atom is -0.311 e. The van der Waals surface area contributed by atoms with Crippen LogP contribution in [0, 0.1) is 0 Å². The summed E-state index contributed by atoms with van der Waals surface area (Å²) in [6, 6.07) is 94.6. The van der Waals surface area contributed by atoms with Gasteiger partial charge in [-0.2, -0.15) is 0 Å². The van der Waals surface area contributed by atoms with Gasteiger partial charge < -0.3 is 9.80 Å². The van der Waals surface area contributed by atoms with Gasteiger partial charge in [-0.1, -0.05) is 212 Å². The Bertz CT molecular complexity index is 3830. The lowest BCUT2D eigenvalue weighted by Gasteiger charge is -2.44. The molecule has 0 radical (unpaired) electrons. The lowest BCUT2D eigenvalue weighted by Crippen LogP contribution is -2.61. The summed E-state index contributed by atoms with van der Waals surface area (Å²) in [6.07, 6.45) is 0. The fourth-order valence-electron chi connectivity index (χ4n) is 15.0. The molecule has 2 nitrogen and oxygen atoms in total. The highest BCUT2D eigenvalue weighted by Crippen LogP contribution is 2.67. The van der Waals surface area contributed by atoms with Crippen molar-refractivity contribution < 1.29 is 0 Å². The summed E-state index contributed by atoms with van der Waals surface area (Å²) in [7, 11) is 0. The molecule has 6 aliphatic rings. The van der Waals surface area contributed by atoms with Crippen molar-refractivity contribution in [3.63, 3.8) is 0 Å². The molecule has 0 unspecified atom stereocenters. The molecule has 2 heterocycles. The van der Waals surface area contributed by atoms with Gasteiger partial charge in [0.15, 0.2) is 0 Å². The van der Waals surface area contributed by atoms with Crippen LogP contribution in [-0.2, 0) is 10.8 Å². The zero-order valence-electron chi connectivity index (χ0n) is 38.6. The smallest absolute Gasteiger partial charge is 0.252 e. The maximum atomic E-state index is 2.62. The average Bonchev–Trinajstić information content (AvgIpc) is 4.15. The summed E-state index contributed by atoms with van der Waals surface area (Å²) < 4.78 is 0. The van der Waals surface area contributed by atoms with Crippen LogP contribution in [0.15, 0.2) is 249 Å². The normalized spacial score (nSPS) is 15.2. The monoisotopic (exact) mass is 896 g/mol. The first-order valence-electron chi connectivity index (χ1n) is 25.1. The van der Waals surface area contributed by atoms with Crippen molar-refractivity contribution in [3.05, 3.63) is 293 Å². The first kappa shape index (κ1) is 38.0. The van der Waals surface area contributed by atoms with Crippen LogP contribution in [-0.4, -0.2) is 6.71 Å². The third kappa shape index (κ3) is 4.36. The second-order valence-corrected chi connectivity index (χ2v) is 20.1. The van der Waals surface area contributed by atoms with E-state index < -0.39 is 10.8 Å². The van der Waals surface area contributed by atoms with Crippen molar-refractivity contribution in [2.45, 2.75) is 10.8 Å². The van der Waals surface area contributed by atoms with Crippen molar-refractivity contribution in [1.82, 2.24) is 0 Å². The number of benzene rings is 11. The van der Waals surface area contributed by atoms with Crippen LogP contribution in [0.2, 0.25) is 0 Å². The third-order valence-corrected chi connectivity index (χ3v) is 17.3. The summed E-state index contributed by atoms with van der Waals surface area (Å²) in [5, 5.41) is 0. The number of para-hydroxylation sites is 2. The van der Waals surface area contributed by atoms with Crippen LogP contribution in [0.1, 0.15) is 44.5 Å². The van der Waals surface area contributed by atoms with Gasteiger partial charge >= 0.3 is 0 Å². The molecule has 3 heteroatoms. The first-order valence-corrected chi connectivity index (χ1v) is 25.1. The third-order valence-electron chi connectivity index (χ3n) is 17.3. The molecule has 0 fully saturated rings. The van der Waals surface area contributed by atoms with Gasteiger partial charge in [-0.15, -0.1) is 0 Å². The SMILES string of the molecule is c1ccc2c(c1)B1c3ccccc3N(c3cccc4c3-c3ccccc3C43c4ccccc4-c4ccccc43)c3cccc(c31)N2c1cccc2c1-c1ccccc1C21c2ccccc2-c2ccccc21. The molecular weight excluding hydrogens is 856 g/mol. The summed E-state index contributed by atoms with van der Waals surface area (Å²) in [5.41, 5.74) is 31.6. The predicted molar refractivity (Wildman–Crippen MR) is 293 cm³/mol. The summed E-state index contributed by atoms with van der Waals surface area (Å²) in [6.45, 7) is 0.0223. The molecule has 0 atom stereocenters. The predicted octanol–water partition coefficient (Wildman–Crippen LogP) is 14.5. The molecular formula is C68H41BN2. The number of hydrogen-bond acceptors (Lipinski definition) is 2. The molecule has 0 saturated carbocycles. The first-order chi connectivity index (χ1) is 35.3. The fourth-order valence-corrected chi connectivity index (χ4v) is 15.0. The quantitative estimate of drug-likeness (QED) is 0.160. The zero-order valence-corrected chi connectivity index (χ0v) is 38.6. The Balaban J connectivity index is 0.936. The van der Waals surface area contributed by atoms with Gasteiger partial charge in [0.25, 0.3) is 6.71 Å². The molecule has 2 spiro atoms. The lowest BCUT2D eigenvalue weighted by atomic mass is 9.33. The Hall–Kier alpha value is -8.92. The van der Waals surface area contributed by atoms with E-state index in [1.54, 1.807) is 0 Å². The molecule has 11 aromatic carbocycles. The van der Waals surface area contributed by atoms with Crippen molar-refractivity contribution in [2.24, 2.45) is 0 Å². The molecule has 71 heavy (non-hydrogen) atoms. The molecule has 4 aliphatic carbocycles. The zero-order chi connectivity index (χ0) is 46.2. The Kier molecular flexibility index (Phi) is 7.19. The van der Waals surface area contributed by atoms with E-state index >= 15 is 0 Å². The van der Waals surface area contributed by atoms with Gasteiger partial charge in [0.05, 0.1) is 22.2 Å². The van der Waals surface area contributed by atoms with Crippen molar-refractivity contribution in [2.75, 3.05) is 9.80 Å². The maximum Gasteiger partial charge on any atom is 0.252 e. The van der Waals surface area contributed by atoms with E-state index in [4.69, 9.17) is 0 Å². The van der Waals surface area contributed by atoms with E-state index in [9.17, 15) is 0 Å². The molecule has 326 valence electrons. The summed E-state index contributed by atoms with van der Waals surface area (Å²) in [4.78, 5) is 5.23. The highest BCUT2D eigenvalue weighted by atomic mass is 15.2. The molecule has 0 N–H and O–H groups in total. The molecule has 0 bridgehead atoms. The maximum absolute atomic E-state index is 2.62. The number of rotatable bonds is 2. The van der Waals surface area contributed by atoms with Gasteiger partial charge in [0.1, 0.15) is 0 Å². The van der Waals surface area contributed by atoms with Crippen molar-refractivity contribution >= 4 is 57.2 Å². The van der Waals surface area contributed by atoms with E-state index in [1.165, 1.54) is 140 Å². The Labute approximate surface area is 413 Å². The second-order valence-electron chi connectivity index (χ2n) is 20.1. The average molecular weight is 897 g/mol. The van der Waals surface area contributed by atoms with Crippen LogP contribution < -0.4 is 26.2 Å². The highest BCUT2D eigenvalue weighted by molar-refractivity contribution is 7.00. The molecule has 11 aromatic rings. The number of anilines is 6. The molecule has 2 aliphatic heterocycles. The second kappa shape index (κ2) is 13.4. The molecule has 17 rings (SSSR count). The number of hydrogen-bond donors (Lipinski definition) is 0. The van der Waals surface area contributed by atoms with Gasteiger partial charge in [0, 0.05) is 33.9 Å². The fraction of sp³-hybridized carbons (Fsp3) is 0.0294. The van der Waals surface area contributed by atoms with Crippen molar-refractivity contribution in [3.8, 4) is 44.5 Å². The van der Waals surface area contributed by atoms with Crippen LogP contribution >= 0.6 is 0 Å². The largest absolute Gasteiger partial charge is 0.311 e. The van der Waals surface area contributed by atoms with E-state index in [0.717, 1.165) is 0 Å².